The number of carbonyl (C=O) groups excluding carboxylic acids is 3. The summed E-state index contributed by atoms with van der Waals surface area (Å²) in [5.74, 6) is 0.615. The van der Waals surface area contributed by atoms with Crippen LogP contribution >= 0.6 is 0 Å². The molecule has 3 amide bonds. The van der Waals surface area contributed by atoms with E-state index in [-0.39, 0.29) is 30.7 Å². The first-order valence-corrected chi connectivity index (χ1v) is 9.52. The zero-order valence-electron chi connectivity index (χ0n) is 16.7. The fourth-order valence-electron chi connectivity index (χ4n) is 3.33. The summed E-state index contributed by atoms with van der Waals surface area (Å²) in [5.41, 5.74) is 0.693. The maximum Gasteiger partial charge on any atom is 0.289 e. The predicted octanol–water partition coefficient (Wildman–Crippen LogP) is 2.02. The number of anilines is 1. The Morgan fingerprint density at radius 3 is 2.41 bits per heavy atom. The summed E-state index contributed by atoms with van der Waals surface area (Å²) in [5, 5.41) is 0. The molecule has 1 fully saturated rings. The Morgan fingerprint density at radius 1 is 1.07 bits per heavy atom. The highest BCUT2D eigenvalue weighted by molar-refractivity contribution is 5.93. The van der Waals surface area contributed by atoms with Gasteiger partial charge in [0, 0.05) is 57.8 Å². The van der Waals surface area contributed by atoms with Crippen molar-refractivity contribution < 1.29 is 23.5 Å². The minimum Gasteiger partial charge on any atom is -0.497 e. The molecule has 1 saturated heterocycles. The van der Waals surface area contributed by atoms with Crippen LogP contribution in [0.2, 0.25) is 0 Å². The number of hydrogen-bond acceptors (Lipinski definition) is 5. The zero-order valence-corrected chi connectivity index (χ0v) is 16.7. The molecule has 154 valence electrons. The second-order valence-corrected chi connectivity index (χ2v) is 6.77. The molecule has 1 aromatic heterocycles. The summed E-state index contributed by atoms with van der Waals surface area (Å²) in [4.78, 5) is 42.0. The molecule has 0 unspecified atom stereocenters. The van der Waals surface area contributed by atoms with Gasteiger partial charge in [0.1, 0.15) is 5.75 Å². The zero-order chi connectivity index (χ0) is 20.8. The molecule has 0 radical (unpaired) electrons. The summed E-state index contributed by atoms with van der Waals surface area (Å²) >= 11 is 0. The van der Waals surface area contributed by atoms with Crippen LogP contribution in [0.1, 0.15) is 23.9 Å². The molecule has 0 spiro atoms. The summed E-state index contributed by atoms with van der Waals surface area (Å²) in [6.45, 7) is 3.60. The van der Waals surface area contributed by atoms with Gasteiger partial charge in [-0.05, 0) is 24.3 Å². The monoisotopic (exact) mass is 399 g/mol. The molecule has 8 nitrogen and oxygen atoms in total. The molecule has 1 aromatic carbocycles. The van der Waals surface area contributed by atoms with Crippen LogP contribution in [0.25, 0.3) is 0 Å². The molecular formula is C21H25N3O5. The number of nitrogens with zero attached hydrogens (tertiary/aromatic N) is 3. The van der Waals surface area contributed by atoms with E-state index in [9.17, 15) is 14.4 Å². The average Bonchev–Trinajstić information content (AvgIpc) is 3.28. The fraction of sp³-hybridized carbons (Fsp3) is 0.381. The number of benzene rings is 1. The predicted molar refractivity (Wildman–Crippen MR) is 107 cm³/mol. The van der Waals surface area contributed by atoms with Crippen molar-refractivity contribution >= 4 is 23.4 Å². The molecule has 8 heteroatoms. The van der Waals surface area contributed by atoms with Crippen LogP contribution < -0.4 is 9.64 Å². The molecule has 0 atom stereocenters. The quantitative estimate of drug-likeness (QED) is 0.742. The van der Waals surface area contributed by atoms with E-state index in [1.165, 1.54) is 13.2 Å². The van der Waals surface area contributed by atoms with Crippen LogP contribution in [0.4, 0.5) is 5.69 Å². The first-order valence-electron chi connectivity index (χ1n) is 9.52. The first kappa shape index (κ1) is 20.4. The topological polar surface area (TPSA) is 83.3 Å². The number of ether oxygens (including phenoxy) is 1. The minimum atomic E-state index is -0.164. The standard InChI is InChI=1S/C21H25N3O5/c1-16(25)24(17-5-3-6-18(15-17)28-2)9-8-20(26)22-10-12-23(13-11-22)21(27)19-7-4-14-29-19/h3-7,14-15H,8-13H2,1-2H3. The van der Waals surface area contributed by atoms with Crippen molar-refractivity contribution in [1.82, 2.24) is 9.80 Å². The van der Waals surface area contributed by atoms with Gasteiger partial charge in [0.2, 0.25) is 11.8 Å². The summed E-state index contributed by atoms with van der Waals surface area (Å²) in [7, 11) is 1.57. The molecule has 0 N–H and O–H groups in total. The second-order valence-electron chi connectivity index (χ2n) is 6.77. The van der Waals surface area contributed by atoms with E-state index >= 15 is 0 Å². The average molecular weight is 399 g/mol. The molecule has 2 aromatic rings. The molecule has 0 saturated carbocycles. The van der Waals surface area contributed by atoms with Crippen LogP contribution in [0.3, 0.4) is 0 Å². The SMILES string of the molecule is COc1cccc(N(CCC(=O)N2CCN(C(=O)c3ccco3)CC2)C(C)=O)c1. The minimum absolute atomic E-state index is 0.0377. The van der Waals surface area contributed by atoms with Gasteiger partial charge in [-0.1, -0.05) is 6.07 Å². The summed E-state index contributed by atoms with van der Waals surface area (Å²) in [6, 6.07) is 10.5. The smallest absolute Gasteiger partial charge is 0.289 e. The third-order valence-electron chi connectivity index (χ3n) is 4.95. The third kappa shape index (κ3) is 4.96. The highest BCUT2D eigenvalue weighted by Crippen LogP contribution is 2.21. The molecule has 0 aliphatic carbocycles. The van der Waals surface area contributed by atoms with Crippen molar-refractivity contribution in [2.45, 2.75) is 13.3 Å². The number of hydrogen-bond donors (Lipinski definition) is 0. The van der Waals surface area contributed by atoms with Crippen LogP contribution in [-0.4, -0.2) is 67.4 Å². The van der Waals surface area contributed by atoms with Gasteiger partial charge in [0.25, 0.3) is 5.91 Å². The largest absolute Gasteiger partial charge is 0.497 e. The number of piperazine rings is 1. The van der Waals surface area contributed by atoms with Crippen LogP contribution in [0.15, 0.2) is 47.1 Å². The van der Waals surface area contributed by atoms with Crippen molar-refractivity contribution in [3.8, 4) is 5.75 Å². The molecular weight excluding hydrogens is 374 g/mol. The molecule has 1 aliphatic heterocycles. The number of amides is 3. The van der Waals surface area contributed by atoms with Gasteiger partial charge < -0.3 is 23.9 Å². The summed E-state index contributed by atoms with van der Waals surface area (Å²) < 4.78 is 10.4. The maximum absolute atomic E-state index is 12.6. The van der Waals surface area contributed by atoms with Crippen molar-refractivity contribution in [2.24, 2.45) is 0 Å². The maximum atomic E-state index is 12.6. The van der Waals surface area contributed by atoms with Gasteiger partial charge in [-0.2, -0.15) is 0 Å². The molecule has 2 heterocycles. The van der Waals surface area contributed by atoms with Gasteiger partial charge in [-0.15, -0.1) is 0 Å². The van der Waals surface area contributed by atoms with E-state index in [1.807, 2.05) is 6.07 Å². The van der Waals surface area contributed by atoms with Crippen LogP contribution in [0, 0.1) is 0 Å². The van der Waals surface area contributed by atoms with Gasteiger partial charge in [-0.3, -0.25) is 14.4 Å². The van der Waals surface area contributed by atoms with Gasteiger partial charge in [0.05, 0.1) is 13.4 Å². The van der Waals surface area contributed by atoms with Crippen molar-refractivity contribution in [3.05, 3.63) is 48.4 Å². The Morgan fingerprint density at radius 2 is 1.79 bits per heavy atom. The van der Waals surface area contributed by atoms with E-state index in [0.29, 0.717) is 43.4 Å². The number of furan rings is 1. The van der Waals surface area contributed by atoms with Gasteiger partial charge in [0.15, 0.2) is 5.76 Å². The second kappa shape index (κ2) is 9.27. The highest BCUT2D eigenvalue weighted by atomic mass is 16.5. The lowest BCUT2D eigenvalue weighted by molar-refractivity contribution is -0.132. The Bertz CT molecular complexity index is 857. The third-order valence-corrected chi connectivity index (χ3v) is 4.95. The molecule has 0 bridgehead atoms. The lowest BCUT2D eigenvalue weighted by atomic mass is 10.2. The first-order chi connectivity index (χ1) is 14.0. The lowest BCUT2D eigenvalue weighted by Gasteiger charge is -2.34. The Labute approximate surface area is 169 Å². The van der Waals surface area contributed by atoms with E-state index in [4.69, 9.17) is 9.15 Å². The number of methoxy groups -OCH3 is 1. The molecule has 3 rings (SSSR count). The Kier molecular flexibility index (Phi) is 6.54. The normalized spacial score (nSPS) is 13.9. The van der Waals surface area contributed by atoms with Gasteiger partial charge in [-0.25, -0.2) is 0 Å². The van der Waals surface area contributed by atoms with Crippen molar-refractivity contribution in [3.63, 3.8) is 0 Å². The van der Waals surface area contributed by atoms with Gasteiger partial charge >= 0.3 is 0 Å². The summed E-state index contributed by atoms with van der Waals surface area (Å²) in [6.07, 6.45) is 1.68. The van der Waals surface area contributed by atoms with Crippen molar-refractivity contribution in [2.75, 3.05) is 44.7 Å². The highest BCUT2D eigenvalue weighted by Gasteiger charge is 2.26. The lowest BCUT2D eigenvalue weighted by Crippen LogP contribution is -2.51. The molecule has 1 aliphatic rings. The van der Waals surface area contributed by atoms with E-state index in [0.717, 1.165) is 0 Å². The van der Waals surface area contributed by atoms with Crippen LogP contribution in [0.5, 0.6) is 5.75 Å². The number of carbonyl (C=O) groups is 3. The Balaban J connectivity index is 1.53. The van der Waals surface area contributed by atoms with E-state index in [1.54, 1.807) is 52.1 Å². The number of rotatable bonds is 6. The van der Waals surface area contributed by atoms with E-state index < -0.39 is 0 Å². The fourth-order valence-corrected chi connectivity index (χ4v) is 3.33. The molecule has 29 heavy (non-hydrogen) atoms. The van der Waals surface area contributed by atoms with Crippen molar-refractivity contribution in [1.29, 1.82) is 0 Å². The Hall–Kier alpha value is -3.29. The van der Waals surface area contributed by atoms with E-state index in [2.05, 4.69) is 0 Å². The van der Waals surface area contributed by atoms with Crippen LogP contribution in [-0.2, 0) is 9.59 Å².